The zero-order valence-corrected chi connectivity index (χ0v) is 12.4. The molecule has 2 nitrogen and oxygen atoms in total. The van der Waals surface area contributed by atoms with Crippen LogP contribution in [0, 0.1) is 17.5 Å². The van der Waals surface area contributed by atoms with Crippen molar-refractivity contribution in [3.8, 4) is 0 Å². The van der Waals surface area contributed by atoms with Crippen LogP contribution in [0.3, 0.4) is 0 Å². The van der Waals surface area contributed by atoms with Gasteiger partial charge < -0.3 is 5.32 Å². The monoisotopic (exact) mass is 325 g/mol. The van der Waals surface area contributed by atoms with Crippen LogP contribution in [0.1, 0.15) is 5.56 Å². The number of nitrogens with one attached hydrogen (secondary N) is 1. The van der Waals surface area contributed by atoms with Crippen molar-refractivity contribution in [3.63, 3.8) is 0 Å². The normalized spacial score (nSPS) is 10.5. The lowest BCUT2D eigenvalue weighted by Crippen LogP contribution is -2.27. The number of benzene rings is 2. The second-order valence-corrected chi connectivity index (χ2v) is 5.64. The van der Waals surface area contributed by atoms with Crippen molar-refractivity contribution in [1.29, 1.82) is 0 Å². The third-order valence-electron chi connectivity index (χ3n) is 2.89. The second-order valence-electron chi connectivity index (χ2n) is 4.59. The quantitative estimate of drug-likeness (QED) is 0.823. The van der Waals surface area contributed by atoms with Crippen molar-refractivity contribution < 1.29 is 18.0 Å². The molecule has 116 valence electrons. The largest absolute Gasteiger partial charge is 0.355 e. The van der Waals surface area contributed by atoms with Crippen molar-refractivity contribution in [2.45, 2.75) is 11.3 Å². The van der Waals surface area contributed by atoms with Crippen LogP contribution in [0.25, 0.3) is 0 Å². The number of hydrogen-bond acceptors (Lipinski definition) is 2. The highest BCUT2D eigenvalue weighted by molar-refractivity contribution is 8.00. The maximum Gasteiger partial charge on any atom is 0.230 e. The van der Waals surface area contributed by atoms with Gasteiger partial charge in [-0.05, 0) is 42.3 Å². The first-order valence-corrected chi connectivity index (χ1v) is 7.62. The van der Waals surface area contributed by atoms with Crippen LogP contribution in [0.15, 0.2) is 47.4 Å². The van der Waals surface area contributed by atoms with E-state index in [9.17, 15) is 18.0 Å². The van der Waals surface area contributed by atoms with Gasteiger partial charge in [0.25, 0.3) is 0 Å². The number of halogens is 3. The minimum absolute atomic E-state index is 0.105. The Bertz CT molecular complexity index is 664. The predicted molar refractivity (Wildman–Crippen MR) is 80.2 cm³/mol. The van der Waals surface area contributed by atoms with Crippen molar-refractivity contribution in [2.75, 3.05) is 12.3 Å². The molecule has 0 aromatic heterocycles. The molecule has 0 saturated carbocycles. The van der Waals surface area contributed by atoms with Gasteiger partial charge in [-0.15, -0.1) is 11.8 Å². The summed E-state index contributed by atoms with van der Waals surface area (Å²) in [6.45, 7) is 0.390. The SMILES string of the molecule is O=C(CSc1ccc(F)c(F)c1)NCCc1cccc(F)c1. The highest BCUT2D eigenvalue weighted by Crippen LogP contribution is 2.20. The Morgan fingerprint density at radius 1 is 1.05 bits per heavy atom. The van der Waals surface area contributed by atoms with Gasteiger partial charge in [-0.25, -0.2) is 13.2 Å². The van der Waals surface area contributed by atoms with E-state index in [1.165, 1.54) is 18.2 Å². The Hall–Kier alpha value is -1.95. The van der Waals surface area contributed by atoms with Gasteiger partial charge in [-0.1, -0.05) is 12.1 Å². The zero-order chi connectivity index (χ0) is 15.9. The molecule has 0 bridgehead atoms. The summed E-state index contributed by atoms with van der Waals surface area (Å²) in [6.07, 6.45) is 0.527. The van der Waals surface area contributed by atoms with Gasteiger partial charge >= 0.3 is 0 Å². The molecule has 0 atom stereocenters. The third kappa shape index (κ3) is 5.11. The Labute approximate surface area is 130 Å². The molecule has 6 heteroatoms. The minimum atomic E-state index is -0.934. The molecule has 0 fully saturated rings. The lowest BCUT2D eigenvalue weighted by Gasteiger charge is -2.06. The molecule has 2 aromatic rings. The lowest BCUT2D eigenvalue weighted by atomic mass is 10.1. The molecular weight excluding hydrogens is 311 g/mol. The molecule has 0 aliphatic carbocycles. The smallest absolute Gasteiger partial charge is 0.230 e. The summed E-state index contributed by atoms with van der Waals surface area (Å²) in [5, 5.41) is 2.70. The third-order valence-corrected chi connectivity index (χ3v) is 3.88. The number of thioether (sulfide) groups is 1. The van der Waals surface area contributed by atoms with Gasteiger partial charge in [0.15, 0.2) is 11.6 Å². The molecule has 0 saturated heterocycles. The predicted octanol–water partition coefficient (Wildman–Crippen LogP) is 3.55. The van der Waals surface area contributed by atoms with E-state index < -0.39 is 11.6 Å². The van der Waals surface area contributed by atoms with Crippen molar-refractivity contribution >= 4 is 17.7 Å². The summed E-state index contributed by atoms with van der Waals surface area (Å²) in [5.74, 6) is -2.27. The van der Waals surface area contributed by atoms with Crippen LogP contribution < -0.4 is 5.32 Å². The van der Waals surface area contributed by atoms with Crippen LogP contribution >= 0.6 is 11.8 Å². The van der Waals surface area contributed by atoms with Crippen LogP contribution in [-0.4, -0.2) is 18.2 Å². The molecule has 22 heavy (non-hydrogen) atoms. The van der Waals surface area contributed by atoms with Gasteiger partial charge in [-0.3, -0.25) is 4.79 Å². The fraction of sp³-hybridized carbons (Fsp3) is 0.188. The topological polar surface area (TPSA) is 29.1 Å². The van der Waals surface area contributed by atoms with Crippen LogP contribution in [0.5, 0.6) is 0 Å². The van der Waals surface area contributed by atoms with E-state index in [4.69, 9.17) is 0 Å². The summed E-state index contributed by atoms with van der Waals surface area (Å²) >= 11 is 1.12. The maximum atomic E-state index is 13.0. The van der Waals surface area contributed by atoms with E-state index >= 15 is 0 Å². The Morgan fingerprint density at radius 3 is 2.59 bits per heavy atom. The van der Waals surface area contributed by atoms with Gasteiger partial charge in [0.2, 0.25) is 5.91 Å². The first-order chi connectivity index (χ1) is 10.5. The standard InChI is InChI=1S/C16H14F3NOS/c17-12-3-1-2-11(8-12)6-7-20-16(21)10-22-13-4-5-14(18)15(19)9-13/h1-5,8-9H,6-7,10H2,(H,20,21). The van der Waals surface area contributed by atoms with E-state index in [1.54, 1.807) is 12.1 Å². The van der Waals surface area contributed by atoms with Crippen LogP contribution in [0.2, 0.25) is 0 Å². The van der Waals surface area contributed by atoms with E-state index in [0.717, 1.165) is 29.5 Å². The molecule has 2 aromatic carbocycles. The molecule has 0 heterocycles. The summed E-state index contributed by atoms with van der Waals surface area (Å²) in [7, 11) is 0. The Balaban J connectivity index is 1.72. The fourth-order valence-electron chi connectivity index (χ4n) is 1.81. The Morgan fingerprint density at radius 2 is 1.86 bits per heavy atom. The zero-order valence-electron chi connectivity index (χ0n) is 11.6. The Kier molecular flexibility index (Phi) is 5.89. The molecule has 2 rings (SSSR count). The lowest BCUT2D eigenvalue weighted by molar-refractivity contribution is -0.118. The highest BCUT2D eigenvalue weighted by Gasteiger charge is 2.06. The molecule has 0 aliphatic heterocycles. The summed E-state index contributed by atoms with van der Waals surface area (Å²) in [6, 6.07) is 9.68. The summed E-state index contributed by atoms with van der Waals surface area (Å²) < 4.78 is 38.7. The van der Waals surface area contributed by atoms with Gasteiger partial charge in [0.05, 0.1) is 5.75 Å². The average molecular weight is 325 g/mol. The van der Waals surface area contributed by atoms with Crippen molar-refractivity contribution in [2.24, 2.45) is 0 Å². The maximum absolute atomic E-state index is 13.0. The van der Waals surface area contributed by atoms with E-state index in [1.807, 2.05) is 0 Å². The molecule has 0 spiro atoms. The van der Waals surface area contributed by atoms with Crippen LogP contribution in [0.4, 0.5) is 13.2 Å². The van der Waals surface area contributed by atoms with E-state index in [2.05, 4.69) is 5.32 Å². The van der Waals surface area contributed by atoms with Crippen molar-refractivity contribution in [1.82, 2.24) is 5.32 Å². The fourth-order valence-corrected chi connectivity index (χ4v) is 2.56. The molecule has 0 radical (unpaired) electrons. The van der Waals surface area contributed by atoms with E-state index in [0.29, 0.717) is 17.9 Å². The number of carbonyl (C=O) groups excluding carboxylic acids is 1. The molecule has 0 unspecified atom stereocenters. The molecule has 0 aliphatic rings. The second kappa shape index (κ2) is 7.89. The minimum Gasteiger partial charge on any atom is -0.355 e. The van der Waals surface area contributed by atoms with Gasteiger partial charge in [0.1, 0.15) is 5.82 Å². The van der Waals surface area contributed by atoms with Crippen molar-refractivity contribution in [3.05, 3.63) is 65.5 Å². The first kappa shape index (κ1) is 16.4. The highest BCUT2D eigenvalue weighted by atomic mass is 32.2. The van der Waals surface area contributed by atoms with Crippen LogP contribution in [-0.2, 0) is 11.2 Å². The summed E-state index contributed by atoms with van der Waals surface area (Å²) in [4.78, 5) is 12.1. The number of hydrogen-bond donors (Lipinski definition) is 1. The average Bonchev–Trinajstić information content (AvgIpc) is 2.48. The van der Waals surface area contributed by atoms with E-state index in [-0.39, 0.29) is 17.5 Å². The first-order valence-electron chi connectivity index (χ1n) is 6.63. The number of carbonyl (C=O) groups is 1. The summed E-state index contributed by atoms with van der Waals surface area (Å²) in [5.41, 5.74) is 0.800. The molecular formula is C16H14F3NOS. The number of amides is 1. The molecule has 1 N–H and O–H groups in total. The van der Waals surface area contributed by atoms with Gasteiger partial charge in [0, 0.05) is 11.4 Å². The molecule has 1 amide bonds. The number of rotatable bonds is 6. The van der Waals surface area contributed by atoms with Gasteiger partial charge in [-0.2, -0.15) is 0 Å².